The summed E-state index contributed by atoms with van der Waals surface area (Å²) < 4.78 is 5.73. The zero-order valence-electron chi connectivity index (χ0n) is 19.5. The first-order valence-corrected chi connectivity index (χ1v) is 11.3. The van der Waals surface area contributed by atoms with Gasteiger partial charge in [0.25, 0.3) is 0 Å². The summed E-state index contributed by atoms with van der Waals surface area (Å²) in [4.78, 5) is 58.4. The predicted octanol–water partition coefficient (Wildman–Crippen LogP) is 1.60. The Morgan fingerprint density at radius 1 is 0.750 bits per heavy atom. The Labute approximate surface area is 207 Å². The number of benzene rings is 2. The summed E-state index contributed by atoms with van der Waals surface area (Å²) in [5.74, 6) is -3.27. The fraction of sp³-hybridized carbons (Fsp3) is 0.320. The summed E-state index contributed by atoms with van der Waals surface area (Å²) in [5.41, 5.74) is 6.07. The molecule has 3 amide bonds. The maximum absolute atomic E-state index is 12.6. The van der Waals surface area contributed by atoms with Gasteiger partial charge in [-0.05, 0) is 49.1 Å². The quantitative estimate of drug-likeness (QED) is 0.244. The van der Waals surface area contributed by atoms with Crippen LogP contribution < -0.4 is 21.1 Å². The third kappa shape index (κ3) is 10.2. The second kappa shape index (κ2) is 14.1. The lowest BCUT2D eigenvalue weighted by molar-refractivity contribution is -0.139. The SMILES string of the molecule is NC(=O)C(CCC(=O)O)NC(=O)C(CCC(=O)O)NC(=O)CCc1ccc(Oc2ccccc2)cc1. The van der Waals surface area contributed by atoms with Crippen molar-refractivity contribution in [1.82, 2.24) is 10.6 Å². The number of rotatable bonds is 15. The van der Waals surface area contributed by atoms with E-state index in [1.807, 2.05) is 30.3 Å². The first-order valence-electron chi connectivity index (χ1n) is 11.3. The smallest absolute Gasteiger partial charge is 0.303 e. The number of carboxylic acids is 2. The van der Waals surface area contributed by atoms with E-state index in [1.165, 1.54) is 0 Å². The average molecular weight is 500 g/mol. The molecule has 11 heteroatoms. The van der Waals surface area contributed by atoms with E-state index < -0.39 is 54.6 Å². The highest BCUT2D eigenvalue weighted by molar-refractivity contribution is 5.92. The number of hydrogen-bond acceptors (Lipinski definition) is 6. The number of aryl methyl sites for hydroxylation is 1. The van der Waals surface area contributed by atoms with Gasteiger partial charge in [-0.1, -0.05) is 30.3 Å². The van der Waals surface area contributed by atoms with Crippen molar-refractivity contribution in [2.75, 3.05) is 0 Å². The molecule has 6 N–H and O–H groups in total. The van der Waals surface area contributed by atoms with Crippen LogP contribution in [0.15, 0.2) is 54.6 Å². The minimum atomic E-state index is -1.27. The van der Waals surface area contributed by atoms with Crippen molar-refractivity contribution in [1.29, 1.82) is 0 Å². The molecule has 0 spiro atoms. The van der Waals surface area contributed by atoms with Gasteiger partial charge in [0.05, 0.1) is 0 Å². The van der Waals surface area contributed by atoms with Crippen molar-refractivity contribution in [3.8, 4) is 11.5 Å². The van der Waals surface area contributed by atoms with E-state index >= 15 is 0 Å². The topological polar surface area (TPSA) is 185 Å². The van der Waals surface area contributed by atoms with Gasteiger partial charge in [0.1, 0.15) is 23.6 Å². The highest BCUT2D eigenvalue weighted by Gasteiger charge is 2.26. The van der Waals surface area contributed by atoms with Crippen LogP contribution in [0.5, 0.6) is 11.5 Å². The molecule has 0 radical (unpaired) electrons. The summed E-state index contributed by atoms with van der Waals surface area (Å²) in [6, 6.07) is 13.9. The Bertz CT molecular complexity index is 1060. The summed E-state index contributed by atoms with van der Waals surface area (Å²) in [7, 11) is 0. The van der Waals surface area contributed by atoms with Gasteiger partial charge in [-0.15, -0.1) is 0 Å². The van der Waals surface area contributed by atoms with Gasteiger partial charge in [-0.2, -0.15) is 0 Å². The Morgan fingerprint density at radius 3 is 1.86 bits per heavy atom. The van der Waals surface area contributed by atoms with Crippen LogP contribution in [0, 0.1) is 0 Å². The molecule has 0 bridgehead atoms. The molecule has 0 aliphatic carbocycles. The molecule has 0 aromatic heterocycles. The largest absolute Gasteiger partial charge is 0.481 e. The third-order valence-electron chi connectivity index (χ3n) is 5.15. The fourth-order valence-corrected chi connectivity index (χ4v) is 3.24. The van der Waals surface area contributed by atoms with Crippen molar-refractivity contribution in [3.63, 3.8) is 0 Å². The van der Waals surface area contributed by atoms with Crippen molar-refractivity contribution in [3.05, 3.63) is 60.2 Å². The van der Waals surface area contributed by atoms with Crippen LogP contribution in [-0.4, -0.2) is 52.0 Å². The maximum atomic E-state index is 12.6. The van der Waals surface area contributed by atoms with E-state index in [0.717, 1.165) is 5.56 Å². The van der Waals surface area contributed by atoms with Crippen LogP contribution >= 0.6 is 0 Å². The lowest BCUT2D eigenvalue weighted by atomic mass is 10.1. The van der Waals surface area contributed by atoms with Crippen LogP contribution in [0.25, 0.3) is 0 Å². The van der Waals surface area contributed by atoms with Crippen LogP contribution in [0.3, 0.4) is 0 Å². The molecule has 2 aromatic rings. The third-order valence-corrected chi connectivity index (χ3v) is 5.15. The van der Waals surface area contributed by atoms with E-state index in [0.29, 0.717) is 17.9 Å². The van der Waals surface area contributed by atoms with E-state index in [4.69, 9.17) is 20.7 Å². The number of ether oxygens (including phenoxy) is 1. The van der Waals surface area contributed by atoms with Gasteiger partial charge in [-0.25, -0.2) is 0 Å². The molecule has 0 saturated heterocycles. The van der Waals surface area contributed by atoms with Gasteiger partial charge in [0.15, 0.2) is 0 Å². The minimum absolute atomic E-state index is 0.0218. The van der Waals surface area contributed by atoms with Gasteiger partial charge < -0.3 is 31.3 Å². The highest BCUT2D eigenvalue weighted by atomic mass is 16.5. The van der Waals surface area contributed by atoms with Crippen LogP contribution in [0.1, 0.15) is 37.7 Å². The van der Waals surface area contributed by atoms with E-state index in [2.05, 4.69) is 10.6 Å². The normalized spacial score (nSPS) is 12.1. The molecule has 192 valence electrons. The summed E-state index contributed by atoms with van der Waals surface area (Å²) >= 11 is 0. The predicted molar refractivity (Wildman–Crippen MR) is 128 cm³/mol. The summed E-state index contributed by atoms with van der Waals surface area (Å²) in [6.45, 7) is 0. The standard InChI is InChI=1S/C25H29N3O8/c26-24(34)19(11-14-22(30)31)28-25(35)20(12-15-23(32)33)27-21(29)13-8-16-6-9-18(10-7-16)36-17-4-2-1-3-5-17/h1-7,9-10,19-20H,8,11-15H2,(H2,26,34)(H,27,29)(H,28,35)(H,30,31)(H,32,33). The molecule has 0 aliphatic rings. The second-order valence-electron chi connectivity index (χ2n) is 8.01. The first-order chi connectivity index (χ1) is 17.1. The average Bonchev–Trinajstić information content (AvgIpc) is 2.84. The van der Waals surface area contributed by atoms with E-state index in [1.54, 1.807) is 24.3 Å². The molecule has 0 saturated carbocycles. The van der Waals surface area contributed by atoms with Gasteiger partial charge in [-0.3, -0.25) is 24.0 Å². The molecule has 0 fully saturated rings. The molecule has 2 aromatic carbocycles. The van der Waals surface area contributed by atoms with Crippen molar-refractivity contribution in [2.24, 2.45) is 5.73 Å². The molecular formula is C25H29N3O8. The zero-order chi connectivity index (χ0) is 26.5. The Morgan fingerprint density at radius 2 is 1.31 bits per heavy atom. The molecular weight excluding hydrogens is 470 g/mol. The molecule has 2 rings (SSSR count). The monoisotopic (exact) mass is 499 g/mol. The second-order valence-corrected chi connectivity index (χ2v) is 8.01. The molecule has 36 heavy (non-hydrogen) atoms. The van der Waals surface area contributed by atoms with E-state index in [9.17, 15) is 24.0 Å². The van der Waals surface area contributed by atoms with Crippen LogP contribution in [0.4, 0.5) is 0 Å². The highest BCUT2D eigenvalue weighted by Crippen LogP contribution is 2.21. The molecule has 2 atom stereocenters. The number of carboxylic acid groups (broad SMARTS) is 2. The number of aliphatic carboxylic acids is 2. The minimum Gasteiger partial charge on any atom is -0.481 e. The number of para-hydroxylation sites is 1. The van der Waals surface area contributed by atoms with E-state index in [-0.39, 0.29) is 19.3 Å². The number of nitrogens with one attached hydrogen (secondary N) is 2. The Hall–Kier alpha value is -4.41. The number of carbonyl (C=O) groups excluding carboxylic acids is 3. The van der Waals surface area contributed by atoms with Crippen molar-refractivity contribution >= 4 is 29.7 Å². The van der Waals surface area contributed by atoms with Crippen LogP contribution in [0.2, 0.25) is 0 Å². The van der Waals surface area contributed by atoms with Crippen LogP contribution in [-0.2, 0) is 30.4 Å². The van der Waals surface area contributed by atoms with Gasteiger partial charge in [0.2, 0.25) is 17.7 Å². The van der Waals surface area contributed by atoms with Gasteiger partial charge >= 0.3 is 11.9 Å². The van der Waals surface area contributed by atoms with Crippen molar-refractivity contribution in [2.45, 2.75) is 50.6 Å². The maximum Gasteiger partial charge on any atom is 0.303 e. The summed E-state index contributed by atoms with van der Waals surface area (Å²) in [6.07, 6.45) is -0.892. The molecule has 0 heterocycles. The lowest BCUT2D eigenvalue weighted by Gasteiger charge is -2.21. The molecule has 11 nitrogen and oxygen atoms in total. The Balaban J connectivity index is 1.93. The molecule has 0 aliphatic heterocycles. The van der Waals surface area contributed by atoms with Crippen molar-refractivity contribution < 1.29 is 38.9 Å². The number of primary amides is 1. The number of hydrogen-bond donors (Lipinski definition) is 5. The number of nitrogens with two attached hydrogens (primary N) is 1. The number of carbonyl (C=O) groups is 5. The first kappa shape index (κ1) is 27.8. The Kier molecular flexibility index (Phi) is 10.9. The number of amides is 3. The lowest BCUT2D eigenvalue weighted by Crippen LogP contribution is -2.53. The fourth-order valence-electron chi connectivity index (χ4n) is 3.24. The zero-order valence-corrected chi connectivity index (χ0v) is 19.5. The summed E-state index contributed by atoms with van der Waals surface area (Å²) in [5, 5.41) is 22.6. The molecule has 2 unspecified atom stereocenters. The van der Waals surface area contributed by atoms with Gasteiger partial charge in [0, 0.05) is 19.3 Å².